The van der Waals surface area contributed by atoms with E-state index in [0.717, 1.165) is 0 Å². The average Bonchev–Trinajstić information content (AvgIpc) is 2.91. The summed E-state index contributed by atoms with van der Waals surface area (Å²) in [5, 5.41) is 20.6. The molecule has 0 bridgehead atoms. The van der Waals surface area contributed by atoms with Crippen molar-refractivity contribution >= 4 is 29.0 Å². The van der Waals surface area contributed by atoms with E-state index in [-0.39, 0.29) is 29.2 Å². The Balaban J connectivity index is 1.91. The van der Waals surface area contributed by atoms with Gasteiger partial charge in [-0.15, -0.1) is 0 Å². The molecule has 2 saturated carbocycles. The van der Waals surface area contributed by atoms with Crippen LogP contribution < -0.4 is 0 Å². The van der Waals surface area contributed by atoms with E-state index in [1.807, 2.05) is 0 Å². The van der Waals surface area contributed by atoms with E-state index in [1.165, 1.54) is 24.3 Å². The van der Waals surface area contributed by atoms with E-state index < -0.39 is 52.1 Å². The lowest BCUT2D eigenvalue weighted by Gasteiger charge is -2.58. The van der Waals surface area contributed by atoms with E-state index in [4.69, 9.17) is 11.6 Å². The lowest BCUT2D eigenvalue weighted by atomic mass is 9.46. The normalized spacial score (nSPS) is 47.1. The maximum Gasteiger partial charge on any atom is 0.190 e. The van der Waals surface area contributed by atoms with E-state index in [9.17, 15) is 24.6 Å². The SMILES string of the molecule is C[C@]12C=CC(=O)C=C1C(Cl)=C[C@H]1[C@@H]3CC[C@](O)(C(=O)CO)[C@@]3(C)CC(=O)[C@@]12F. The van der Waals surface area contributed by atoms with E-state index in [1.54, 1.807) is 13.8 Å². The molecule has 0 aromatic rings. The molecular formula is C21H22ClFO5. The smallest absolute Gasteiger partial charge is 0.190 e. The number of alkyl halides is 1. The minimum absolute atomic E-state index is 0.0482. The van der Waals surface area contributed by atoms with Crippen LogP contribution in [0.5, 0.6) is 0 Å². The van der Waals surface area contributed by atoms with Crippen molar-refractivity contribution in [2.45, 2.75) is 44.4 Å². The molecule has 4 aliphatic rings. The first-order valence-corrected chi connectivity index (χ1v) is 9.75. The van der Waals surface area contributed by atoms with E-state index in [0.29, 0.717) is 6.42 Å². The summed E-state index contributed by atoms with van der Waals surface area (Å²) in [6, 6.07) is 0. The summed E-state index contributed by atoms with van der Waals surface area (Å²) < 4.78 is 16.7. The summed E-state index contributed by atoms with van der Waals surface area (Å²) in [7, 11) is 0. The molecule has 28 heavy (non-hydrogen) atoms. The van der Waals surface area contributed by atoms with Gasteiger partial charge in [-0.2, -0.15) is 0 Å². The van der Waals surface area contributed by atoms with Gasteiger partial charge in [0.2, 0.25) is 0 Å². The minimum atomic E-state index is -2.34. The second kappa shape index (κ2) is 5.71. The molecule has 0 aromatic carbocycles. The van der Waals surface area contributed by atoms with Crippen molar-refractivity contribution < 1.29 is 29.0 Å². The van der Waals surface area contributed by atoms with Crippen LogP contribution >= 0.6 is 11.6 Å². The third-order valence-electron chi connectivity index (χ3n) is 7.78. The molecule has 0 aliphatic heterocycles. The molecule has 4 aliphatic carbocycles. The van der Waals surface area contributed by atoms with E-state index >= 15 is 4.39 Å². The number of Topliss-reactive ketones (excluding diaryl/α,β-unsaturated/α-hetero) is 2. The summed E-state index contributed by atoms with van der Waals surface area (Å²) in [6.45, 7) is 2.33. The molecule has 5 nitrogen and oxygen atoms in total. The second-order valence-corrected chi connectivity index (χ2v) is 9.26. The van der Waals surface area contributed by atoms with Crippen molar-refractivity contribution in [3.05, 3.63) is 34.9 Å². The number of hydrogen-bond donors (Lipinski definition) is 2. The molecule has 150 valence electrons. The van der Waals surface area contributed by atoms with Crippen LogP contribution in [0.4, 0.5) is 4.39 Å². The minimum Gasteiger partial charge on any atom is -0.388 e. The van der Waals surface area contributed by atoms with Crippen LogP contribution in [0.1, 0.15) is 33.1 Å². The Morgan fingerprint density at radius 3 is 2.68 bits per heavy atom. The zero-order valence-electron chi connectivity index (χ0n) is 15.7. The van der Waals surface area contributed by atoms with Crippen LogP contribution in [0.2, 0.25) is 0 Å². The van der Waals surface area contributed by atoms with Crippen LogP contribution in [0, 0.1) is 22.7 Å². The predicted molar refractivity (Wildman–Crippen MR) is 99.1 cm³/mol. The van der Waals surface area contributed by atoms with Crippen molar-refractivity contribution in [3.63, 3.8) is 0 Å². The van der Waals surface area contributed by atoms with Gasteiger partial charge in [-0.3, -0.25) is 14.4 Å². The van der Waals surface area contributed by atoms with Crippen molar-refractivity contribution in [2.24, 2.45) is 22.7 Å². The Morgan fingerprint density at radius 1 is 1.36 bits per heavy atom. The summed E-state index contributed by atoms with van der Waals surface area (Å²) >= 11 is 6.43. The van der Waals surface area contributed by atoms with Crippen molar-refractivity contribution in [3.8, 4) is 0 Å². The summed E-state index contributed by atoms with van der Waals surface area (Å²) in [6.07, 6.45) is 5.43. The van der Waals surface area contributed by atoms with Crippen LogP contribution in [0.25, 0.3) is 0 Å². The fraction of sp³-hybridized carbons (Fsp3) is 0.571. The van der Waals surface area contributed by atoms with Gasteiger partial charge in [0.05, 0.1) is 5.41 Å². The number of aliphatic hydroxyl groups excluding tert-OH is 1. The maximum absolute atomic E-state index is 16.7. The lowest BCUT2D eigenvalue weighted by molar-refractivity contribution is -0.177. The standard InChI is InChI=1S/C21H22ClFO5/c1-18-5-3-11(25)7-14(18)15(22)8-13-12-4-6-20(28,17(27)10-24)19(12,2)9-16(26)21(13,18)23/h3,5,7-8,12-13,24,28H,4,6,9-10H2,1-2H3/t12-,13-,18-,19-,20-,21-/m0/s1. The molecular weight excluding hydrogens is 387 g/mol. The largest absolute Gasteiger partial charge is 0.388 e. The molecule has 7 heteroatoms. The van der Waals surface area contributed by atoms with Crippen LogP contribution in [0.3, 0.4) is 0 Å². The highest BCUT2D eigenvalue weighted by Crippen LogP contribution is 2.68. The predicted octanol–water partition coefficient (Wildman–Crippen LogP) is 2.20. The first-order chi connectivity index (χ1) is 13.0. The van der Waals surface area contributed by atoms with Gasteiger partial charge >= 0.3 is 0 Å². The quantitative estimate of drug-likeness (QED) is 0.730. The third kappa shape index (κ3) is 2.01. The number of aliphatic hydroxyl groups is 2. The molecule has 0 amide bonds. The van der Waals surface area contributed by atoms with Gasteiger partial charge in [0.1, 0.15) is 12.2 Å². The Bertz CT molecular complexity index is 906. The van der Waals surface area contributed by atoms with Gasteiger partial charge in [0.25, 0.3) is 0 Å². The third-order valence-corrected chi connectivity index (χ3v) is 8.11. The topological polar surface area (TPSA) is 91.7 Å². The fourth-order valence-electron chi connectivity index (χ4n) is 6.07. The van der Waals surface area contributed by atoms with Gasteiger partial charge in [-0.25, -0.2) is 4.39 Å². The number of fused-ring (bicyclic) bond motifs is 5. The number of carbonyl (C=O) groups excluding carboxylic acids is 3. The Morgan fingerprint density at radius 2 is 2.04 bits per heavy atom. The molecule has 0 spiro atoms. The summed E-state index contributed by atoms with van der Waals surface area (Å²) in [5.74, 6) is -3.27. The monoisotopic (exact) mass is 408 g/mol. The van der Waals surface area contributed by atoms with Crippen molar-refractivity contribution in [1.82, 2.24) is 0 Å². The van der Waals surface area contributed by atoms with Crippen molar-refractivity contribution in [2.75, 3.05) is 6.61 Å². The van der Waals surface area contributed by atoms with Gasteiger partial charge in [-0.05, 0) is 43.4 Å². The highest BCUT2D eigenvalue weighted by atomic mass is 35.5. The maximum atomic E-state index is 16.7. The van der Waals surface area contributed by atoms with Crippen LogP contribution in [-0.4, -0.2) is 45.4 Å². The molecule has 2 fully saturated rings. The number of allylic oxidation sites excluding steroid dienone is 6. The molecule has 0 heterocycles. The number of rotatable bonds is 2. The molecule has 0 aromatic heterocycles. The van der Waals surface area contributed by atoms with Crippen molar-refractivity contribution in [1.29, 1.82) is 0 Å². The van der Waals surface area contributed by atoms with Gasteiger partial charge in [0, 0.05) is 22.8 Å². The highest BCUT2D eigenvalue weighted by molar-refractivity contribution is 6.33. The van der Waals surface area contributed by atoms with E-state index in [2.05, 4.69) is 0 Å². The Labute approximate surface area is 166 Å². The highest BCUT2D eigenvalue weighted by Gasteiger charge is 2.74. The summed E-state index contributed by atoms with van der Waals surface area (Å²) in [4.78, 5) is 37.4. The molecule has 6 atom stereocenters. The zero-order valence-corrected chi connectivity index (χ0v) is 16.4. The number of halogens is 2. The zero-order chi connectivity index (χ0) is 20.7. The van der Waals surface area contributed by atoms with Crippen LogP contribution in [0.15, 0.2) is 34.9 Å². The number of carbonyl (C=O) groups is 3. The number of hydrogen-bond acceptors (Lipinski definition) is 5. The fourth-order valence-corrected chi connectivity index (χ4v) is 6.46. The Kier molecular flexibility index (Phi) is 4.01. The van der Waals surface area contributed by atoms with Gasteiger partial charge < -0.3 is 10.2 Å². The van der Waals surface area contributed by atoms with Crippen LogP contribution in [-0.2, 0) is 14.4 Å². The Hall–Kier alpha value is -1.63. The second-order valence-electron chi connectivity index (χ2n) is 8.85. The van der Waals surface area contributed by atoms with Gasteiger partial charge in [-0.1, -0.05) is 30.7 Å². The lowest BCUT2D eigenvalue weighted by Crippen LogP contribution is -2.67. The van der Waals surface area contributed by atoms with Gasteiger partial charge in [0.15, 0.2) is 23.0 Å². The number of ketones is 3. The average molecular weight is 409 g/mol. The molecule has 0 radical (unpaired) electrons. The molecule has 0 unspecified atom stereocenters. The first-order valence-electron chi connectivity index (χ1n) is 9.37. The first kappa shape index (κ1) is 19.7. The molecule has 2 N–H and O–H groups in total. The molecule has 0 saturated heterocycles. The molecule has 4 rings (SSSR count). The summed E-state index contributed by atoms with van der Waals surface area (Å²) in [5.41, 5.74) is -6.57.